The molecule has 0 fully saturated rings. The number of rotatable bonds is 3. The summed E-state index contributed by atoms with van der Waals surface area (Å²) >= 11 is 5.91. The van der Waals surface area contributed by atoms with Gasteiger partial charge in [-0.15, -0.1) is 0 Å². The Morgan fingerprint density at radius 2 is 2.28 bits per heavy atom. The van der Waals surface area contributed by atoms with Crippen LogP contribution in [0.3, 0.4) is 0 Å². The first-order valence-electron chi connectivity index (χ1n) is 5.47. The van der Waals surface area contributed by atoms with Gasteiger partial charge in [0.2, 0.25) is 0 Å². The van der Waals surface area contributed by atoms with Crippen LogP contribution in [0.1, 0.15) is 5.69 Å². The number of aromatic nitrogens is 3. The molecule has 0 aliphatic carbocycles. The van der Waals surface area contributed by atoms with Crippen molar-refractivity contribution in [3.05, 3.63) is 59.8 Å². The van der Waals surface area contributed by atoms with Crippen LogP contribution in [0.25, 0.3) is 5.65 Å². The van der Waals surface area contributed by atoms with Crippen LogP contribution in [-0.2, 0) is 6.61 Å². The SMILES string of the molecule is Clc1ccn2cc(COc3cccnc3)nc2c1. The summed E-state index contributed by atoms with van der Waals surface area (Å²) in [4.78, 5) is 8.40. The number of nitrogens with zero attached hydrogens (tertiary/aromatic N) is 3. The highest BCUT2D eigenvalue weighted by Gasteiger charge is 2.03. The van der Waals surface area contributed by atoms with E-state index in [2.05, 4.69) is 9.97 Å². The van der Waals surface area contributed by atoms with Gasteiger partial charge in [-0.1, -0.05) is 11.6 Å². The van der Waals surface area contributed by atoms with Gasteiger partial charge < -0.3 is 9.14 Å². The van der Waals surface area contributed by atoms with Gasteiger partial charge in [-0.05, 0) is 24.3 Å². The lowest BCUT2D eigenvalue weighted by molar-refractivity contribution is 0.301. The van der Waals surface area contributed by atoms with Crippen molar-refractivity contribution in [2.75, 3.05) is 0 Å². The summed E-state index contributed by atoms with van der Waals surface area (Å²) in [6.07, 6.45) is 7.17. The molecule has 0 N–H and O–H groups in total. The first kappa shape index (κ1) is 11.0. The standard InChI is InChI=1S/C13H10ClN3O/c14-10-3-5-17-8-11(16-13(17)6-10)9-18-12-2-1-4-15-7-12/h1-8H,9H2. The average molecular weight is 260 g/mol. The Balaban J connectivity index is 1.79. The third kappa shape index (κ3) is 2.28. The van der Waals surface area contributed by atoms with Crippen LogP contribution in [0, 0.1) is 0 Å². The molecule has 0 unspecified atom stereocenters. The van der Waals surface area contributed by atoms with Gasteiger partial charge in [0, 0.05) is 23.6 Å². The van der Waals surface area contributed by atoms with E-state index in [-0.39, 0.29) is 0 Å². The number of hydrogen-bond acceptors (Lipinski definition) is 3. The minimum atomic E-state index is 0.408. The van der Waals surface area contributed by atoms with Crippen LogP contribution in [0.15, 0.2) is 49.1 Å². The Morgan fingerprint density at radius 3 is 3.11 bits per heavy atom. The van der Waals surface area contributed by atoms with Crippen LogP contribution in [-0.4, -0.2) is 14.4 Å². The molecule has 3 aromatic rings. The minimum absolute atomic E-state index is 0.408. The topological polar surface area (TPSA) is 39.4 Å². The second-order valence-electron chi connectivity index (χ2n) is 3.82. The van der Waals surface area contributed by atoms with E-state index < -0.39 is 0 Å². The normalized spacial score (nSPS) is 10.7. The van der Waals surface area contributed by atoms with E-state index >= 15 is 0 Å². The van der Waals surface area contributed by atoms with Crippen LogP contribution in [0.5, 0.6) is 5.75 Å². The first-order valence-corrected chi connectivity index (χ1v) is 5.85. The zero-order chi connectivity index (χ0) is 12.4. The monoisotopic (exact) mass is 259 g/mol. The summed E-state index contributed by atoms with van der Waals surface area (Å²) in [6.45, 7) is 0.408. The number of ether oxygens (including phenoxy) is 1. The highest BCUT2D eigenvalue weighted by molar-refractivity contribution is 6.30. The summed E-state index contributed by atoms with van der Waals surface area (Å²) in [5, 5.41) is 0.674. The van der Waals surface area contributed by atoms with Crippen molar-refractivity contribution in [3.63, 3.8) is 0 Å². The summed E-state index contributed by atoms with van der Waals surface area (Å²) < 4.78 is 7.49. The minimum Gasteiger partial charge on any atom is -0.486 e. The fourth-order valence-corrected chi connectivity index (χ4v) is 1.82. The Kier molecular flexibility index (Phi) is 2.86. The van der Waals surface area contributed by atoms with Crippen molar-refractivity contribution in [2.45, 2.75) is 6.61 Å². The van der Waals surface area contributed by atoms with Crippen molar-refractivity contribution >= 4 is 17.2 Å². The van der Waals surface area contributed by atoms with Crippen LogP contribution >= 0.6 is 11.6 Å². The highest BCUT2D eigenvalue weighted by atomic mass is 35.5. The molecular weight excluding hydrogens is 250 g/mol. The number of fused-ring (bicyclic) bond motifs is 1. The van der Waals surface area contributed by atoms with E-state index in [9.17, 15) is 0 Å². The van der Waals surface area contributed by atoms with E-state index in [1.807, 2.05) is 41.1 Å². The molecule has 18 heavy (non-hydrogen) atoms. The lowest BCUT2D eigenvalue weighted by Gasteiger charge is -2.01. The van der Waals surface area contributed by atoms with Crippen molar-refractivity contribution in [3.8, 4) is 5.75 Å². The van der Waals surface area contributed by atoms with Crippen molar-refractivity contribution in [1.29, 1.82) is 0 Å². The zero-order valence-corrected chi connectivity index (χ0v) is 10.2. The average Bonchev–Trinajstić information content (AvgIpc) is 2.79. The number of imidazole rings is 1. The van der Waals surface area contributed by atoms with Crippen molar-refractivity contribution in [2.24, 2.45) is 0 Å². The molecule has 3 aromatic heterocycles. The summed E-state index contributed by atoms with van der Waals surface area (Å²) in [7, 11) is 0. The predicted molar refractivity (Wildman–Crippen MR) is 68.8 cm³/mol. The van der Waals surface area contributed by atoms with Gasteiger partial charge in [0.25, 0.3) is 0 Å². The largest absolute Gasteiger partial charge is 0.486 e. The van der Waals surface area contributed by atoms with Crippen LogP contribution in [0.4, 0.5) is 0 Å². The van der Waals surface area contributed by atoms with Gasteiger partial charge in [0.15, 0.2) is 0 Å². The Bertz CT molecular complexity index is 666. The molecule has 0 spiro atoms. The van der Waals surface area contributed by atoms with Gasteiger partial charge in [0.1, 0.15) is 18.0 Å². The van der Waals surface area contributed by atoms with Gasteiger partial charge in [-0.25, -0.2) is 4.98 Å². The molecule has 0 saturated heterocycles. The molecule has 0 radical (unpaired) electrons. The highest BCUT2D eigenvalue weighted by Crippen LogP contribution is 2.14. The van der Waals surface area contributed by atoms with Crippen LogP contribution in [0.2, 0.25) is 5.02 Å². The van der Waals surface area contributed by atoms with Gasteiger partial charge in [-0.3, -0.25) is 4.98 Å². The fourth-order valence-electron chi connectivity index (χ4n) is 1.67. The molecule has 0 aromatic carbocycles. The Morgan fingerprint density at radius 1 is 1.33 bits per heavy atom. The molecule has 90 valence electrons. The first-order chi connectivity index (χ1) is 8.81. The smallest absolute Gasteiger partial charge is 0.138 e. The van der Waals surface area contributed by atoms with E-state index in [0.717, 1.165) is 17.1 Å². The lowest BCUT2D eigenvalue weighted by Crippen LogP contribution is -1.95. The summed E-state index contributed by atoms with van der Waals surface area (Å²) in [6, 6.07) is 7.33. The molecular formula is C13H10ClN3O. The van der Waals surface area contributed by atoms with Crippen molar-refractivity contribution < 1.29 is 4.74 Å². The maximum Gasteiger partial charge on any atom is 0.138 e. The molecule has 0 saturated carbocycles. The van der Waals surface area contributed by atoms with Gasteiger partial charge in [-0.2, -0.15) is 0 Å². The summed E-state index contributed by atoms with van der Waals surface area (Å²) in [5.74, 6) is 0.729. The fraction of sp³-hybridized carbons (Fsp3) is 0.0769. The van der Waals surface area contributed by atoms with Gasteiger partial charge in [0.05, 0.1) is 11.9 Å². The molecule has 4 nitrogen and oxygen atoms in total. The van der Waals surface area contributed by atoms with E-state index in [1.165, 1.54) is 0 Å². The third-order valence-corrected chi connectivity index (χ3v) is 2.73. The molecule has 3 heterocycles. The van der Waals surface area contributed by atoms with E-state index in [4.69, 9.17) is 16.3 Å². The zero-order valence-electron chi connectivity index (χ0n) is 9.45. The third-order valence-electron chi connectivity index (χ3n) is 2.49. The maximum absolute atomic E-state index is 5.91. The molecule has 0 aliphatic rings. The molecule has 0 aliphatic heterocycles. The quantitative estimate of drug-likeness (QED) is 0.726. The number of pyridine rings is 2. The maximum atomic E-state index is 5.91. The Labute approximate surface area is 109 Å². The van der Waals surface area contributed by atoms with Crippen molar-refractivity contribution in [1.82, 2.24) is 14.4 Å². The second-order valence-corrected chi connectivity index (χ2v) is 4.26. The molecule has 0 atom stereocenters. The molecule has 3 rings (SSSR count). The Hall–Kier alpha value is -2.07. The molecule has 5 heteroatoms. The number of hydrogen-bond donors (Lipinski definition) is 0. The number of halogens is 1. The van der Waals surface area contributed by atoms with Gasteiger partial charge >= 0.3 is 0 Å². The van der Waals surface area contributed by atoms with E-state index in [0.29, 0.717) is 11.6 Å². The molecule has 0 bridgehead atoms. The molecule has 0 amide bonds. The second kappa shape index (κ2) is 4.66. The van der Waals surface area contributed by atoms with E-state index in [1.54, 1.807) is 12.4 Å². The van der Waals surface area contributed by atoms with Crippen LogP contribution < -0.4 is 4.74 Å². The summed E-state index contributed by atoms with van der Waals surface area (Å²) in [5.41, 5.74) is 1.66. The predicted octanol–water partition coefficient (Wildman–Crippen LogP) is 2.96. The lowest BCUT2D eigenvalue weighted by atomic mass is 10.4.